The van der Waals surface area contributed by atoms with E-state index in [0.29, 0.717) is 42.1 Å². The maximum Gasteiger partial charge on any atom is 0.295 e. The standard InChI is InChI=1S/C26H31FN2O4/c1-5-28(6-2)14-15-29-23(18-8-10-19(27)11-9-18)22(25(31)26(29)32)24(30)21-13-12-20(33-7-3)16-17(21)4/h8-13,16,23,30H,5-7,14-15H2,1-4H3/b24-22+. The third kappa shape index (κ3) is 5.09. The number of aryl methyl sites for hydroxylation is 1. The Morgan fingerprint density at radius 3 is 2.33 bits per heavy atom. The van der Waals surface area contributed by atoms with Crippen molar-refractivity contribution in [2.75, 3.05) is 32.8 Å². The first-order valence-electron chi connectivity index (χ1n) is 11.3. The number of hydrogen-bond acceptors (Lipinski definition) is 5. The van der Waals surface area contributed by atoms with Crippen molar-refractivity contribution in [2.45, 2.75) is 33.7 Å². The minimum atomic E-state index is -0.799. The Morgan fingerprint density at radius 2 is 1.76 bits per heavy atom. The predicted molar refractivity (Wildman–Crippen MR) is 126 cm³/mol. The average Bonchev–Trinajstić information content (AvgIpc) is 3.05. The van der Waals surface area contributed by atoms with E-state index in [9.17, 15) is 19.1 Å². The van der Waals surface area contributed by atoms with Gasteiger partial charge in [0.2, 0.25) is 0 Å². The molecule has 1 aliphatic rings. The molecule has 0 saturated carbocycles. The minimum Gasteiger partial charge on any atom is -0.507 e. The van der Waals surface area contributed by atoms with Gasteiger partial charge in [-0.1, -0.05) is 26.0 Å². The molecule has 2 aromatic rings. The largest absolute Gasteiger partial charge is 0.507 e. The van der Waals surface area contributed by atoms with E-state index in [4.69, 9.17) is 4.74 Å². The molecule has 176 valence electrons. The zero-order valence-electron chi connectivity index (χ0n) is 19.6. The van der Waals surface area contributed by atoms with Crippen LogP contribution in [-0.2, 0) is 9.59 Å². The zero-order chi connectivity index (χ0) is 24.1. The third-order valence-electron chi connectivity index (χ3n) is 6.04. The lowest BCUT2D eigenvalue weighted by Crippen LogP contribution is -2.38. The summed E-state index contributed by atoms with van der Waals surface area (Å²) >= 11 is 0. The van der Waals surface area contributed by atoms with Gasteiger partial charge in [-0.05, 0) is 68.4 Å². The molecule has 33 heavy (non-hydrogen) atoms. The molecule has 0 spiro atoms. The molecule has 0 aliphatic carbocycles. The Labute approximate surface area is 194 Å². The van der Waals surface area contributed by atoms with Crippen molar-refractivity contribution in [3.63, 3.8) is 0 Å². The topological polar surface area (TPSA) is 70.1 Å². The fourth-order valence-corrected chi connectivity index (χ4v) is 4.19. The second kappa shape index (κ2) is 10.6. The van der Waals surface area contributed by atoms with Gasteiger partial charge in [0, 0.05) is 18.7 Å². The van der Waals surface area contributed by atoms with Crippen molar-refractivity contribution >= 4 is 17.4 Å². The smallest absolute Gasteiger partial charge is 0.295 e. The SMILES string of the molecule is CCOc1ccc(/C(O)=C2\C(=O)C(=O)N(CCN(CC)CC)C2c2ccc(F)cc2)c(C)c1. The van der Waals surface area contributed by atoms with Gasteiger partial charge in [0.1, 0.15) is 17.3 Å². The molecule has 6 nitrogen and oxygen atoms in total. The fourth-order valence-electron chi connectivity index (χ4n) is 4.19. The van der Waals surface area contributed by atoms with Crippen molar-refractivity contribution < 1.29 is 23.8 Å². The van der Waals surface area contributed by atoms with Gasteiger partial charge in [-0.15, -0.1) is 0 Å². The van der Waals surface area contributed by atoms with Gasteiger partial charge in [0.15, 0.2) is 0 Å². The van der Waals surface area contributed by atoms with E-state index < -0.39 is 23.5 Å². The maximum absolute atomic E-state index is 13.6. The number of amides is 1. The van der Waals surface area contributed by atoms with Crippen LogP contribution in [0.2, 0.25) is 0 Å². The first kappa shape index (κ1) is 24.5. The van der Waals surface area contributed by atoms with Crippen LogP contribution in [0.15, 0.2) is 48.0 Å². The zero-order valence-corrected chi connectivity index (χ0v) is 19.6. The van der Waals surface area contributed by atoms with Crippen LogP contribution in [0, 0.1) is 12.7 Å². The van der Waals surface area contributed by atoms with Crippen LogP contribution in [0.3, 0.4) is 0 Å². The number of aliphatic hydroxyl groups is 1. The molecular formula is C26H31FN2O4. The normalized spacial score (nSPS) is 17.8. The fraction of sp³-hybridized carbons (Fsp3) is 0.385. The highest BCUT2D eigenvalue weighted by Gasteiger charge is 2.46. The van der Waals surface area contributed by atoms with E-state index in [0.717, 1.165) is 13.1 Å². The van der Waals surface area contributed by atoms with Crippen LogP contribution in [0.25, 0.3) is 5.76 Å². The van der Waals surface area contributed by atoms with Crippen LogP contribution in [-0.4, -0.2) is 59.4 Å². The molecule has 1 amide bonds. The summed E-state index contributed by atoms with van der Waals surface area (Å²) in [5.41, 5.74) is 1.75. The molecule has 0 aromatic heterocycles. The number of rotatable bonds is 9. The van der Waals surface area contributed by atoms with Gasteiger partial charge in [0.05, 0.1) is 18.2 Å². The van der Waals surface area contributed by atoms with E-state index in [1.54, 1.807) is 37.3 Å². The number of ether oxygens (including phenoxy) is 1. The molecule has 0 radical (unpaired) electrons. The van der Waals surface area contributed by atoms with Crippen molar-refractivity contribution in [2.24, 2.45) is 0 Å². The Balaban J connectivity index is 2.10. The Morgan fingerprint density at radius 1 is 1.09 bits per heavy atom. The summed E-state index contributed by atoms with van der Waals surface area (Å²) in [7, 11) is 0. The molecule has 1 N–H and O–H groups in total. The summed E-state index contributed by atoms with van der Waals surface area (Å²) in [5.74, 6) is -1.41. The van der Waals surface area contributed by atoms with Crippen LogP contribution in [0.1, 0.15) is 43.5 Å². The van der Waals surface area contributed by atoms with E-state index in [1.807, 2.05) is 20.8 Å². The lowest BCUT2D eigenvalue weighted by molar-refractivity contribution is -0.140. The summed E-state index contributed by atoms with van der Waals surface area (Å²) < 4.78 is 19.1. The molecule has 3 rings (SSSR count). The summed E-state index contributed by atoms with van der Waals surface area (Å²) in [5, 5.41) is 11.2. The second-order valence-corrected chi connectivity index (χ2v) is 7.98. The molecule has 1 aliphatic heterocycles. The van der Waals surface area contributed by atoms with Gasteiger partial charge in [-0.2, -0.15) is 0 Å². The maximum atomic E-state index is 13.6. The summed E-state index contributed by atoms with van der Waals surface area (Å²) in [6.45, 7) is 10.8. The third-order valence-corrected chi connectivity index (χ3v) is 6.04. The number of ketones is 1. The number of likely N-dealkylation sites (tertiary alicyclic amines) is 1. The molecule has 1 unspecified atom stereocenters. The second-order valence-electron chi connectivity index (χ2n) is 7.98. The number of Topliss-reactive ketones (excluding diaryl/α,β-unsaturated/α-hetero) is 1. The Hall–Kier alpha value is -3.19. The van der Waals surface area contributed by atoms with E-state index in [1.165, 1.54) is 17.0 Å². The molecule has 1 heterocycles. The molecule has 2 aromatic carbocycles. The number of hydrogen-bond donors (Lipinski definition) is 1. The average molecular weight is 455 g/mol. The molecule has 1 fully saturated rings. The van der Waals surface area contributed by atoms with Gasteiger partial charge in [-0.3, -0.25) is 9.59 Å². The van der Waals surface area contributed by atoms with E-state index >= 15 is 0 Å². The van der Waals surface area contributed by atoms with E-state index in [-0.39, 0.29) is 11.3 Å². The van der Waals surface area contributed by atoms with Crippen LogP contribution < -0.4 is 4.74 Å². The summed E-state index contributed by atoms with van der Waals surface area (Å²) in [6, 6.07) is 10.1. The number of likely N-dealkylation sites (N-methyl/N-ethyl adjacent to an activating group) is 1. The van der Waals surface area contributed by atoms with E-state index in [2.05, 4.69) is 4.90 Å². The molecule has 0 bridgehead atoms. The molecule has 1 saturated heterocycles. The van der Waals surface area contributed by atoms with Crippen molar-refractivity contribution in [1.29, 1.82) is 0 Å². The molecule has 7 heteroatoms. The monoisotopic (exact) mass is 454 g/mol. The van der Waals surface area contributed by atoms with Crippen LogP contribution in [0.5, 0.6) is 5.75 Å². The van der Waals surface area contributed by atoms with Gasteiger partial charge in [-0.25, -0.2) is 4.39 Å². The van der Waals surface area contributed by atoms with Gasteiger partial charge >= 0.3 is 0 Å². The minimum absolute atomic E-state index is 0.0124. The lowest BCUT2D eigenvalue weighted by atomic mass is 9.94. The van der Waals surface area contributed by atoms with Gasteiger partial charge < -0.3 is 19.6 Å². The number of carbonyl (C=O) groups excluding carboxylic acids is 2. The number of halogens is 1. The van der Waals surface area contributed by atoms with Crippen molar-refractivity contribution in [3.8, 4) is 5.75 Å². The number of benzene rings is 2. The van der Waals surface area contributed by atoms with Crippen molar-refractivity contribution in [3.05, 3.63) is 70.5 Å². The molecule has 1 atom stereocenters. The first-order valence-corrected chi connectivity index (χ1v) is 11.3. The highest BCUT2D eigenvalue weighted by Crippen LogP contribution is 2.40. The summed E-state index contributed by atoms with van der Waals surface area (Å²) in [6.07, 6.45) is 0. The quantitative estimate of drug-likeness (QED) is 0.348. The van der Waals surface area contributed by atoms with Gasteiger partial charge in [0.25, 0.3) is 11.7 Å². The Bertz CT molecular complexity index is 1040. The predicted octanol–water partition coefficient (Wildman–Crippen LogP) is 4.30. The lowest BCUT2D eigenvalue weighted by Gasteiger charge is -2.28. The molecular weight excluding hydrogens is 423 g/mol. The number of nitrogens with zero attached hydrogens (tertiary/aromatic N) is 2. The van der Waals surface area contributed by atoms with Crippen molar-refractivity contribution in [1.82, 2.24) is 9.80 Å². The van der Waals surface area contributed by atoms with Crippen LogP contribution >= 0.6 is 0 Å². The summed E-state index contributed by atoms with van der Waals surface area (Å²) in [4.78, 5) is 29.8. The van der Waals surface area contributed by atoms with Crippen LogP contribution in [0.4, 0.5) is 4.39 Å². The Kier molecular flexibility index (Phi) is 7.87. The number of carbonyl (C=O) groups is 2. The highest BCUT2D eigenvalue weighted by atomic mass is 19.1. The highest BCUT2D eigenvalue weighted by molar-refractivity contribution is 6.46. The first-order chi connectivity index (χ1) is 15.8. The number of aliphatic hydroxyl groups excluding tert-OH is 1.